The molecule has 21 heavy (non-hydrogen) atoms. The fraction of sp³-hybridized carbons (Fsp3) is 0.562. The van der Waals surface area contributed by atoms with Gasteiger partial charge in [0, 0.05) is 0 Å². The maximum absolute atomic E-state index is 12.7. The van der Waals surface area contributed by atoms with Crippen LogP contribution in [-0.4, -0.2) is 18.2 Å². The van der Waals surface area contributed by atoms with Crippen molar-refractivity contribution in [2.75, 3.05) is 0 Å². The maximum atomic E-state index is 12.7. The van der Waals surface area contributed by atoms with Crippen LogP contribution in [0.4, 0.5) is 13.2 Å². The number of carbonyl (C=O) groups is 1. The Balaban J connectivity index is 1.93. The van der Waals surface area contributed by atoms with Gasteiger partial charge in [-0.05, 0) is 38.2 Å². The first-order chi connectivity index (χ1) is 9.88. The molecule has 0 aliphatic heterocycles. The second kappa shape index (κ2) is 6.50. The van der Waals surface area contributed by atoms with Crippen molar-refractivity contribution < 1.29 is 22.7 Å². The lowest BCUT2D eigenvalue weighted by Gasteiger charge is -2.30. The van der Waals surface area contributed by atoms with Crippen LogP contribution in [0.25, 0.3) is 0 Å². The summed E-state index contributed by atoms with van der Waals surface area (Å²) in [6, 6.07) is 9.10. The molecule has 0 saturated heterocycles. The zero-order valence-electron chi connectivity index (χ0n) is 11.9. The van der Waals surface area contributed by atoms with Gasteiger partial charge in [0.15, 0.2) is 0 Å². The van der Waals surface area contributed by atoms with Gasteiger partial charge in [-0.1, -0.05) is 30.3 Å². The minimum Gasteiger partial charge on any atom is -0.462 e. The first kappa shape index (κ1) is 15.9. The van der Waals surface area contributed by atoms with Gasteiger partial charge < -0.3 is 4.74 Å². The van der Waals surface area contributed by atoms with Crippen LogP contribution < -0.4 is 0 Å². The Morgan fingerprint density at radius 3 is 2.52 bits per heavy atom. The normalized spacial score (nSPS) is 24.4. The molecule has 1 fully saturated rings. The molecule has 3 atom stereocenters. The summed E-state index contributed by atoms with van der Waals surface area (Å²) in [6.45, 7) is 1.71. The minimum absolute atomic E-state index is 0.114. The molecule has 0 N–H and O–H groups in total. The number of halogens is 3. The van der Waals surface area contributed by atoms with E-state index >= 15 is 0 Å². The molecule has 2 rings (SSSR count). The number of hydrogen-bond donors (Lipinski definition) is 0. The molecule has 0 amide bonds. The van der Waals surface area contributed by atoms with Gasteiger partial charge >= 0.3 is 12.1 Å². The Hall–Kier alpha value is -1.52. The predicted octanol–water partition coefficient (Wildman–Crippen LogP) is 4.45. The van der Waals surface area contributed by atoms with Gasteiger partial charge in [0.1, 0.15) is 6.10 Å². The molecule has 0 spiro atoms. The lowest BCUT2D eigenvalue weighted by molar-refractivity contribution is -0.194. The largest absolute Gasteiger partial charge is 0.462 e. The zero-order chi connectivity index (χ0) is 15.5. The number of hydrogen-bond acceptors (Lipinski definition) is 2. The number of esters is 1. The third kappa shape index (κ3) is 4.22. The maximum Gasteiger partial charge on any atom is 0.391 e. The van der Waals surface area contributed by atoms with E-state index in [1.54, 1.807) is 6.92 Å². The van der Waals surface area contributed by atoms with Crippen molar-refractivity contribution in [3.05, 3.63) is 35.9 Å². The third-order valence-electron chi connectivity index (χ3n) is 4.02. The van der Waals surface area contributed by atoms with Crippen LogP contribution in [0.3, 0.4) is 0 Å². The predicted molar refractivity (Wildman–Crippen MR) is 72.8 cm³/mol. The van der Waals surface area contributed by atoms with E-state index in [2.05, 4.69) is 0 Å². The van der Waals surface area contributed by atoms with Gasteiger partial charge in [-0.15, -0.1) is 0 Å². The molecular formula is C16H19F3O2. The average Bonchev–Trinajstić information content (AvgIpc) is 2.47. The highest BCUT2D eigenvalue weighted by molar-refractivity contribution is 5.77. The first-order valence-electron chi connectivity index (χ1n) is 7.20. The van der Waals surface area contributed by atoms with Crippen LogP contribution >= 0.6 is 0 Å². The van der Waals surface area contributed by atoms with Crippen LogP contribution in [-0.2, 0) is 9.53 Å². The van der Waals surface area contributed by atoms with Crippen LogP contribution in [0.5, 0.6) is 0 Å². The number of benzene rings is 1. The second-order valence-corrected chi connectivity index (χ2v) is 5.60. The van der Waals surface area contributed by atoms with Crippen molar-refractivity contribution >= 4 is 5.97 Å². The molecule has 1 aromatic rings. The fourth-order valence-electron chi connectivity index (χ4n) is 2.69. The Labute approximate surface area is 122 Å². The number of alkyl halides is 3. The molecule has 0 aromatic heterocycles. The van der Waals surface area contributed by atoms with E-state index in [1.165, 1.54) is 0 Å². The van der Waals surface area contributed by atoms with E-state index in [1.807, 2.05) is 30.3 Å². The standard InChI is InChI=1S/C16H19F3O2/c1-11(12-6-3-2-4-7-12)15(20)21-14-9-5-8-13(10-14)16(17,18)19/h2-4,6-7,11,13-14H,5,8-10H2,1H3/t11?,13-,14-/m1/s1. The van der Waals surface area contributed by atoms with Crippen molar-refractivity contribution in [2.45, 2.75) is 50.8 Å². The summed E-state index contributed by atoms with van der Waals surface area (Å²) in [4.78, 5) is 12.1. The van der Waals surface area contributed by atoms with Crippen molar-refractivity contribution in [1.82, 2.24) is 0 Å². The molecular weight excluding hydrogens is 281 g/mol. The molecule has 1 aromatic carbocycles. The van der Waals surface area contributed by atoms with E-state index in [0.29, 0.717) is 12.8 Å². The fourth-order valence-corrected chi connectivity index (χ4v) is 2.69. The molecule has 1 aliphatic carbocycles. The molecule has 0 bridgehead atoms. The summed E-state index contributed by atoms with van der Waals surface area (Å²) in [5.74, 6) is -2.26. The Kier molecular flexibility index (Phi) is 4.91. The van der Waals surface area contributed by atoms with Gasteiger partial charge in [0.25, 0.3) is 0 Å². The highest BCUT2D eigenvalue weighted by atomic mass is 19.4. The monoisotopic (exact) mass is 300 g/mol. The number of ether oxygens (including phenoxy) is 1. The second-order valence-electron chi connectivity index (χ2n) is 5.60. The SMILES string of the molecule is CC(C(=O)O[C@@H]1CCC[C@@H](C(F)(F)F)C1)c1ccccc1. The number of rotatable bonds is 3. The Morgan fingerprint density at radius 2 is 1.90 bits per heavy atom. The van der Waals surface area contributed by atoms with E-state index in [9.17, 15) is 18.0 Å². The molecule has 0 heterocycles. The topological polar surface area (TPSA) is 26.3 Å². The van der Waals surface area contributed by atoms with Crippen LogP contribution in [0.15, 0.2) is 30.3 Å². The van der Waals surface area contributed by atoms with E-state index in [4.69, 9.17) is 4.74 Å². The highest BCUT2D eigenvalue weighted by Gasteiger charge is 2.43. The van der Waals surface area contributed by atoms with Gasteiger partial charge in [-0.3, -0.25) is 4.79 Å². The van der Waals surface area contributed by atoms with E-state index in [-0.39, 0.29) is 12.8 Å². The first-order valence-corrected chi connectivity index (χ1v) is 7.20. The van der Waals surface area contributed by atoms with Gasteiger partial charge in [-0.2, -0.15) is 13.2 Å². The van der Waals surface area contributed by atoms with Gasteiger partial charge in [0.05, 0.1) is 11.8 Å². The quantitative estimate of drug-likeness (QED) is 0.771. The van der Waals surface area contributed by atoms with Crippen molar-refractivity contribution in [3.63, 3.8) is 0 Å². The highest BCUT2D eigenvalue weighted by Crippen LogP contribution is 2.38. The smallest absolute Gasteiger partial charge is 0.391 e. The summed E-state index contributed by atoms with van der Waals surface area (Å²) in [6.07, 6.45) is -3.84. The minimum atomic E-state index is -4.20. The van der Waals surface area contributed by atoms with Crippen molar-refractivity contribution in [3.8, 4) is 0 Å². The summed E-state index contributed by atoms with van der Waals surface area (Å²) in [5.41, 5.74) is 0.811. The lowest BCUT2D eigenvalue weighted by Crippen LogP contribution is -2.34. The van der Waals surface area contributed by atoms with Crippen molar-refractivity contribution in [2.24, 2.45) is 5.92 Å². The third-order valence-corrected chi connectivity index (χ3v) is 4.02. The summed E-state index contributed by atoms with van der Waals surface area (Å²) in [7, 11) is 0. The lowest BCUT2D eigenvalue weighted by atomic mass is 9.86. The van der Waals surface area contributed by atoms with Crippen LogP contribution in [0.2, 0.25) is 0 Å². The summed E-state index contributed by atoms with van der Waals surface area (Å²) < 4.78 is 43.5. The molecule has 116 valence electrons. The van der Waals surface area contributed by atoms with Crippen LogP contribution in [0, 0.1) is 5.92 Å². The van der Waals surface area contributed by atoms with Gasteiger partial charge in [0.2, 0.25) is 0 Å². The Morgan fingerprint density at radius 1 is 1.24 bits per heavy atom. The molecule has 0 radical (unpaired) electrons. The number of carbonyl (C=O) groups excluding carboxylic acids is 1. The van der Waals surface area contributed by atoms with E-state index in [0.717, 1.165) is 5.56 Å². The van der Waals surface area contributed by atoms with E-state index < -0.39 is 30.1 Å². The average molecular weight is 300 g/mol. The van der Waals surface area contributed by atoms with Gasteiger partial charge in [-0.25, -0.2) is 0 Å². The summed E-state index contributed by atoms with van der Waals surface area (Å²) >= 11 is 0. The summed E-state index contributed by atoms with van der Waals surface area (Å²) in [5, 5.41) is 0. The Bertz CT molecular complexity index is 470. The molecule has 1 saturated carbocycles. The molecule has 1 unspecified atom stereocenters. The molecule has 1 aliphatic rings. The molecule has 2 nitrogen and oxygen atoms in total. The van der Waals surface area contributed by atoms with Crippen molar-refractivity contribution in [1.29, 1.82) is 0 Å². The zero-order valence-corrected chi connectivity index (χ0v) is 11.9. The molecule has 5 heteroatoms. The van der Waals surface area contributed by atoms with Crippen LogP contribution in [0.1, 0.15) is 44.1 Å².